The highest BCUT2D eigenvalue weighted by Crippen LogP contribution is 2.36. The monoisotopic (exact) mass is 216 g/mol. The Kier molecular flexibility index (Phi) is 2.49. The van der Waals surface area contributed by atoms with Crippen molar-refractivity contribution in [2.75, 3.05) is 27.2 Å². The van der Waals surface area contributed by atoms with Gasteiger partial charge in [-0.05, 0) is 43.6 Å². The molecule has 1 atom stereocenters. The molecule has 1 aromatic carbocycles. The van der Waals surface area contributed by atoms with Crippen molar-refractivity contribution < 1.29 is 0 Å². The SMILES string of the molecule is CN(C)[C@H]1CCc2cc(C3CNC3)ccc21. The van der Waals surface area contributed by atoms with E-state index in [1.807, 2.05) is 0 Å². The highest BCUT2D eigenvalue weighted by Gasteiger charge is 2.26. The van der Waals surface area contributed by atoms with Crippen LogP contribution < -0.4 is 5.32 Å². The molecule has 0 amide bonds. The first-order valence-electron chi connectivity index (χ1n) is 6.25. The van der Waals surface area contributed by atoms with Crippen LogP contribution in [0.5, 0.6) is 0 Å². The first-order chi connectivity index (χ1) is 7.75. The van der Waals surface area contributed by atoms with Crippen LogP contribution in [0.2, 0.25) is 0 Å². The molecule has 0 spiro atoms. The Hall–Kier alpha value is -0.860. The number of nitrogens with one attached hydrogen (secondary N) is 1. The predicted molar refractivity (Wildman–Crippen MR) is 66.8 cm³/mol. The lowest BCUT2D eigenvalue weighted by atomic mass is 9.91. The molecule has 1 aliphatic heterocycles. The number of hydrogen-bond donors (Lipinski definition) is 1. The van der Waals surface area contributed by atoms with Crippen LogP contribution >= 0.6 is 0 Å². The molecule has 1 aromatic rings. The average Bonchev–Trinajstić information content (AvgIpc) is 2.57. The summed E-state index contributed by atoms with van der Waals surface area (Å²) < 4.78 is 0. The van der Waals surface area contributed by atoms with Gasteiger partial charge in [0, 0.05) is 25.0 Å². The van der Waals surface area contributed by atoms with Crippen molar-refractivity contribution in [1.82, 2.24) is 10.2 Å². The molecule has 2 aliphatic rings. The van der Waals surface area contributed by atoms with Gasteiger partial charge in [0.25, 0.3) is 0 Å². The molecule has 16 heavy (non-hydrogen) atoms. The molecular formula is C14H20N2. The van der Waals surface area contributed by atoms with E-state index in [0.717, 1.165) is 19.0 Å². The minimum atomic E-state index is 0.642. The first-order valence-corrected chi connectivity index (χ1v) is 6.25. The van der Waals surface area contributed by atoms with Crippen LogP contribution in [0.4, 0.5) is 0 Å². The average molecular weight is 216 g/mol. The third-order valence-electron chi connectivity index (χ3n) is 4.09. The smallest absolute Gasteiger partial charge is 0.0347 e. The number of rotatable bonds is 2. The van der Waals surface area contributed by atoms with Gasteiger partial charge in [-0.15, -0.1) is 0 Å². The van der Waals surface area contributed by atoms with Gasteiger partial charge >= 0.3 is 0 Å². The standard InChI is InChI=1S/C14H20N2/c1-16(2)14-6-4-11-7-10(3-5-13(11)14)12-8-15-9-12/h3,5,7,12,14-15H,4,6,8-9H2,1-2H3/t14-/m0/s1. The Balaban J connectivity index is 1.89. The second-order valence-corrected chi connectivity index (χ2v) is 5.33. The lowest BCUT2D eigenvalue weighted by Gasteiger charge is -2.28. The van der Waals surface area contributed by atoms with Crippen LogP contribution in [0.3, 0.4) is 0 Å². The van der Waals surface area contributed by atoms with E-state index in [1.165, 1.54) is 18.4 Å². The van der Waals surface area contributed by atoms with Crippen molar-refractivity contribution in [2.24, 2.45) is 0 Å². The van der Waals surface area contributed by atoms with E-state index in [2.05, 4.69) is 42.5 Å². The van der Waals surface area contributed by atoms with Gasteiger partial charge in [0.05, 0.1) is 0 Å². The summed E-state index contributed by atoms with van der Waals surface area (Å²) in [4.78, 5) is 2.34. The van der Waals surface area contributed by atoms with Crippen molar-refractivity contribution in [3.05, 3.63) is 34.9 Å². The molecule has 2 nitrogen and oxygen atoms in total. The molecule has 0 saturated carbocycles. The summed E-state index contributed by atoms with van der Waals surface area (Å²) in [7, 11) is 4.37. The molecule has 0 bridgehead atoms. The van der Waals surface area contributed by atoms with Crippen LogP contribution in [-0.2, 0) is 6.42 Å². The van der Waals surface area contributed by atoms with Gasteiger partial charge in [-0.1, -0.05) is 18.2 Å². The molecule has 3 rings (SSSR count). The molecule has 1 fully saturated rings. The van der Waals surface area contributed by atoms with Gasteiger partial charge in [0.1, 0.15) is 0 Å². The molecule has 86 valence electrons. The van der Waals surface area contributed by atoms with Gasteiger partial charge in [0.15, 0.2) is 0 Å². The Morgan fingerprint density at radius 1 is 1.25 bits per heavy atom. The minimum absolute atomic E-state index is 0.642. The fourth-order valence-electron chi connectivity index (χ4n) is 2.93. The van der Waals surface area contributed by atoms with E-state index in [4.69, 9.17) is 0 Å². The summed E-state index contributed by atoms with van der Waals surface area (Å²) in [5, 5.41) is 3.35. The van der Waals surface area contributed by atoms with Crippen molar-refractivity contribution in [3.63, 3.8) is 0 Å². The summed E-state index contributed by atoms with van der Waals surface area (Å²) in [6.45, 7) is 2.33. The summed E-state index contributed by atoms with van der Waals surface area (Å²) in [5.41, 5.74) is 4.68. The van der Waals surface area contributed by atoms with E-state index in [1.54, 1.807) is 11.1 Å². The molecule has 0 aromatic heterocycles. The number of benzene rings is 1. The lowest BCUT2D eigenvalue weighted by Crippen LogP contribution is -2.39. The van der Waals surface area contributed by atoms with Crippen molar-refractivity contribution in [1.29, 1.82) is 0 Å². The number of nitrogens with zero attached hydrogens (tertiary/aromatic N) is 1. The third kappa shape index (κ3) is 1.57. The van der Waals surface area contributed by atoms with Crippen LogP contribution in [0.1, 0.15) is 35.1 Å². The van der Waals surface area contributed by atoms with Crippen LogP contribution in [0.15, 0.2) is 18.2 Å². The number of hydrogen-bond acceptors (Lipinski definition) is 2. The molecule has 1 saturated heterocycles. The van der Waals surface area contributed by atoms with E-state index in [9.17, 15) is 0 Å². The zero-order chi connectivity index (χ0) is 11.1. The Bertz CT molecular complexity index is 394. The van der Waals surface area contributed by atoms with Gasteiger partial charge < -0.3 is 10.2 Å². The fourth-order valence-corrected chi connectivity index (χ4v) is 2.93. The third-order valence-corrected chi connectivity index (χ3v) is 4.09. The van der Waals surface area contributed by atoms with Crippen LogP contribution in [0, 0.1) is 0 Å². The summed E-state index contributed by atoms with van der Waals surface area (Å²) in [6, 6.07) is 7.79. The van der Waals surface area contributed by atoms with Crippen molar-refractivity contribution in [3.8, 4) is 0 Å². The van der Waals surface area contributed by atoms with Crippen molar-refractivity contribution in [2.45, 2.75) is 24.8 Å². The lowest BCUT2D eigenvalue weighted by molar-refractivity contribution is 0.299. The van der Waals surface area contributed by atoms with E-state index >= 15 is 0 Å². The topological polar surface area (TPSA) is 15.3 Å². The summed E-state index contributed by atoms with van der Waals surface area (Å²) in [5.74, 6) is 0.767. The summed E-state index contributed by atoms with van der Waals surface area (Å²) in [6.07, 6.45) is 2.54. The fraction of sp³-hybridized carbons (Fsp3) is 0.571. The molecule has 1 N–H and O–H groups in total. The molecule has 2 heteroatoms. The quantitative estimate of drug-likeness (QED) is 0.812. The van der Waals surface area contributed by atoms with Crippen molar-refractivity contribution >= 4 is 0 Å². The zero-order valence-electron chi connectivity index (χ0n) is 10.2. The van der Waals surface area contributed by atoms with Gasteiger partial charge in [0.2, 0.25) is 0 Å². The van der Waals surface area contributed by atoms with Crippen LogP contribution in [0.25, 0.3) is 0 Å². The predicted octanol–water partition coefficient (Wildman–Crippen LogP) is 1.92. The number of fused-ring (bicyclic) bond motifs is 1. The molecule has 1 aliphatic carbocycles. The minimum Gasteiger partial charge on any atom is -0.315 e. The molecule has 1 heterocycles. The van der Waals surface area contributed by atoms with Crippen LogP contribution in [-0.4, -0.2) is 32.1 Å². The second-order valence-electron chi connectivity index (χ2n) is 5.33. The second kappa shape index (κ2) is 3.86. The highest BCUT2D eigenvalue weighted by molar-refractivity contribution is 5.39. The van der Waals surface area contributed by atoms with E-state index < -0.39 is 0 Å². The normalized spacial score (nSPS) is 24.6. The van der Waals surface area contributed by atoms with Gasteiger partial charge in [-0.3, -0.25) is 0 Å². The number of aryl methyl sites for hydroxylation is 1. The van der Waals surface area contributed by atoms with E-state index in [0.29, 0.717) is 6.04 Å². The first kappa shape index (κ1) is 10.3. The summed E-state index contributed by atoms with van der Waals surface area (Å²) >= 11 is 0. The Labute approximate surface area is 97.6 Å². The highest BCUT2D eigenvalue weighted by atomic mass is 15.1. The molecular weight excluding hydrogens is 196 g/mol. The van der Waals surface area contributed by atoms with Gasteiger partial charge in [-0.25, -0.2) is 0 Å². The zero-order valence-corrected chi connectivity index (χ0v) is 10.2. The molecule has 0 unspecified atom stereocenters. The molecule has 0 radical (unpaired) electrons. The maximum atomic E-state index is 3.35. The van der Waals surface area contributed by atoms with E-state index in [-0.39, 0.29) is 0 Å². The maximum absolute atomic E-state index is 3.35. The van der Waals surface area contributed by atoms with Gasteiger partial charge in [-0.2, -0.15) is 0 Å². The Morgan fingerprint density at radius 3 is 2.69 bits per heavy atom. The maximum Gasteiger partial charge on any atom is 0.0347 e. The Morgan fingerprint density at radius 2 is 2.06 bits per heavy atom. The largest absolute Gasteiger partial charge is 0.315 e.